The third-order valence-corrected chi connectivity index (χ3v) is 6.40. The van der Waals surface area contributed by atoms with Gasteiger partial charge >= 0.3 is 5.97 Å². The minimum atomic E-state index is -0.306. The molecule has 0 fully saturated rings. The quantitative estimate of drug-likeness (QED) is 0.172. The first-order valence-corrected chi connectivity index (χ1v) is 12.5. The van der Waals surface area contributed by atoms with Gasteiger partial charge in [-0.1, -0.05) is 77.9 Å². The van der Waals surface area contributed by atoms with E-state index >= 15 is 0 Å². The topological polar surface area (TPSA) is 80.5 Å². The molecule has 6 nitrogen and oxygen atoms in total. The molecule has 0 bridgehead atoms. The van der Waals surface area contributed by atoms with Crippen LogP contribution in [-0.4, -0.2) is 23.4 Å². The van der Waals surface area contributed by atoms with E-state index in [2.05, 4.69) is 11.1 Å². The fraction of sp³-hybridized carbons (Fsp3) is 0.156. The van der Waals surface area contributed by atoms with Crippen molar-refractivity contribution in [1.82, 2.24) is 4.57 Å². The van der Waals surface area contributed by atoms with Crippen LogP contribution in [-0.2, 0) is 16.1 Å². The van der Waals surface area contributed by atoms with Gasteiger partial charge in [0.15, 0.2) is 0 Å². The number of hydrogen-bond acceptors (Lipinski definition) is 5. The Hall–Kier alpha value is -4.89. The number of rotatable bonds is 7. The van der Waals surface area contributed by atoms with E-state index in [1.165, 1.54) is 0 Å². The molecule has 0 amide bonds. The average Bonchev–Trinajstić information content (AvgIpc) is 3.46. The lowest BCUT2D eigenvalue weighted by molar-refractivity contribution is -0.143. The maximum absolute atomic E-state index is 12.2. The highest BCUT2D eigenvalue weighted by Gasteiger charge is 2.23. The van der Waals surface area contributed by atoms with Gasteiger partial charge in [-0.2, -0.15) is 5.26 Å². The zero-order chi connectivity index (χ0) is 26.6. The van der Waals surface area contributed by atoms with E-state index in [9.17, 15) is 10.1 Å². The van der Waals surface area contributed by atoms with Crippen LogP contribution in [0.1, 0.15) is 29.2 Å². The summed E-state index contributed by atoms with van der Waals surface area (Å²) in [5, 5.41) is 11.1. The number of ether oxygens (including phenoxy) is 1. The van der Waals surface area contributed by atoms with Gasteiger partial charge in [-0.25, -0.2) is 4.99 Å². The smallest absolute Gasteiger partial charge is 0.325 e. The molecule has 188 valence electrons. The van der Waals surface area contributed by atoms with Crippen molar-refractivity contribution in [2.24, 2.45) is 4.99 Å². The molecule has 2 heterocycles. The lowest BCUT2D eigenvalue weighted by atomic mass is 9.97. The Labute approximate surface area is 221 Å². The van der Waals surface area contributed by atoms with E-state index in [4.69, 9.17) is 9.15 Å². The van der Waals surface area contributed by atoms with Crippen molar-refractivity contribution in [3.05, 3.63) is 101 Å². The number of nitriles is 1. The Kier molecular flexibility index (Phi) is 6.92. The first-order chi connectivity index (χ1) is 18.5. The minimum Gasteiger partial charge on any atom is -0.465 e. The molecule has 38 heavy (non-hydrogen) atoms. The van der Waals surface area contributed by atoms with Gasteiger partial charge in [0, 0.05) is 40.0 Å². The van der Waals surface area contributed by atoms with Crippen LogP contribution in [0.4, 0.5) is 5.88 Å². The molecule has 0 aliphatic rings. The number of fused-ring (bicyclic) bond motifs is 1. The van der Waals surface area contributed by atoms with Crippen LogP contribution in [0.15, 0.2) is 88.4 Å². The van der Waals surface area contributed by atoms with E-state index < -0.39 is 0 Å². The molecule has 5 aromatic rings. The number of hydrogen-bond donors (Lipinski definition) is 0. The predicted molar refractivity (Wildman–Crippen MR) is 150 cm³/mol. The normalized spacial score (nSPS) is 11.2. The zero-order valence-electron chi connectivity index (χ0n) is 21.6. The average molecular weight is 502 g/mol. The third kappa shape index (κ3) is 4.87. The molecule has 6 heteroatoms. The summed E-state index contributed by atoms with van der Waals surface area (Å²) in [6, 6.07) is 26.1. The molecule has 0 saturated carbocycles. The lowest BCUT2D eigenvalue weighted by Gasteiger charge is -2.05. The number of furan rings is 1. The first kappa shape index (κ1) is 24.8. The maximum Gasteiger partial charge on any atom is 0.325 e. The molecule has 0 saturated heterocycles. The number of benzene rings is 3. The SMILES string of the molecule is CCOC(=O)Cn1cc(C=Nc2oc(-c3ccc(C)cc3)c(-c3ccc(C)cc3)c2C#N)c2ccccc21. The Balaban J connectivity index is 1.62. The Morgan fingerprint density at radius 1 is 1.00 bits per heavy atom. The van der Waals surface area contributed by atoms with E-state index in [1.807, 2.05) is 97.4 Å². The Morgan fingerprint density at radius 2 is 1.66 bits per heavy atom. The van der Waals surface area contributed by atoms with Crippen molar-refractivity contribution in [1.29, 1.82) is 5.26 Å². The fourth-order valence-corrected chi connectivity index (χ4v) is 4.50. The van der Waals surface area contributed by atoms with Crippen molar-refractivity contribution in [2.45, 2.75) is 27.3 Å². The van der Waals surface area contributed by atoms with Gasteiger partial charge in [-0.05, 0) is 32.4 Å². The number of para-hydroxylation sites is 1. The van der Waals surface area contributed by atoms with Gasteiger partial charge in [0.05, 0.1) is 6.61 Å². The number of esters is 1. The van der Waals surface area contributed by atoms with Crippen LogP contribution >= 0.6 is 0 Å². The van der Waals surface area contributed by atoms with Crippen LogP contribution in [0.3, 0.4) is 0 Å². The number of aliphatic imine (C=N–C) groups is 1. The van der Waals surface area contributed by atoms with Gasteiger partial charge in [0.25, 0.3) is 0 Å². The molecule has 0 N–H and O–H groups in total. The van der Waals surface area contributed by atoms with Gasteiger partial charge in [0.2, 0.25) is 5.88 Å². The molecule has 0 aliphatic heterocycles. The minimum absolute atomic E-state index is 0.0987. The second-order valence-corrected chi connectivity index (χ2v) is 9.12. The summed E-state index contributed by atoms with van der Waals surface area (Å²) in [7, 11) is 0. The molecule has 0 unspecified atom stereocenters. The van der Waals surface area contributed by atoms with Gasteiger partial charge < -0.3 is 13.7 Å². The van der Waals surface area contributed by atoms with Crippen molar-refractivity contribution in [2.75, 3.05) is 6.61 Å². The number of aromatic nitrogens is 1. The highest BCUT2D eigenvalue weighted by atomic mass is 16.5. The molecule has 0 aliphatic carbocycles. The van der Waals surface area contributed by atoms with Crippen LogP contribution in [0.25, 0.3) is 33.4 Å². The third-order valence-electron chi connectivity index (χ3n) is 6.40. The summed E-state index contributed by atoms with van der Waals surface area (Å²) >= 11 is 0. The van der Waals surface area contributed by atoms with E-state index in [0.29, 0.717) is 23.5 Å². The molecular weight excluding hydrogens is 474 g/mol. The zero-order valence-corrected chi connectivity index (χ0v) is 21.6. The standard InChI is InChI=1S/C32H27N3O3/c1-4-37-29(36)20-35-19-25(26-7-5-6-8-28(26)35)18-34-32-27(17-33)30(23-13-9-21(2)10-14-23)31(38-32)24-15-11-22(3)12-16-24/h5-16,18-19H,4,20H2,1-3H3. The lowest BCUT2D eigenvalue weighted by Crippen LogP contribution is -2.12. The molecule has 0 atom stereocenters. The van der Waals surface area contributed by atoms with Crippen LogP contribution in [0, 0.1) is 25.2 Å². The van der Waals surface area contributed by atoms with Crippen molar-refractivity contribution < 1.29 is 13.9 Å². The first-order valence-electron chi connectivity index (χ1n) is 12.5. The highest BCUT2D eigenvalue weighted by Crippen LogP contribution is 2.42. The number of nitrogens with zero attached hydrogens (tertiary/aromatic N) is 3. The molecule has 0 spiro atoms. The van der Waals surface area contributed by atoms with Crippen LogP contribution in [0.5, 0.6) is 0 Å². The maximum atomic E-state index is 12.2. The molecule has 2 aromatic heterocycles. The summed E-state index contributed by atoms with van der Waals surface area (Å²) < 4.78 is 13.3. The van der Waals surface area contributed by atoms with Crippen LogP contribution < -0.4 is 0 Å². The van der Waals surface area contributed by atoms with E-state index in [0.717, 1.165) is 38.7 Å². The molecule has 3 aromatic carbocycles. The fourth-order valence-electron chi connectivity index (χ4n) is 4.50. The molecular formula is C32H27N3O3. The van der Waals surface area contributed by atoms with Crippen molar-refractivity contribution >= 4 is 29.0 Å². The number of carbonyl (C=O) groups is 1. The van der Waals surface area contributed by atoms with E-state index in [1.54, 1.807) is 13.1 Å². The van der Waals surface area contributed by atoms with Gasteiger partial charge in [-0.15, -0.1) is 0 Å². The largest absolute Gasteiger partial charge is 0.465 e. The highest BCUT2D eigenvalue weighted by molar-refractivity contribution is 6.01. The summed E-state index contributed by atoms with van der Waals surface area (Å²) in [4.78, 5) is 16.8. The second-order valence-electron chi connectivity index (χ2n) is 9.12. The Morgan fingerprint density at radius 3 is 2.32 bits per heavy atom. The summed E-state index contributed by atoms with van der Waals surface area (Å²) in [6.07, 6.45) is 3.54. The second kappa shape index (κ2) is 10.6. The summed E-state index contributed by atoms with van der Waals surface area (Å²) in [5.41, 5.74) is 6.81. The van der Waals surface area contributed by atoms with E-state index in [-0.39, 0.29) is 18.4 Å². The summed E-state index contributed by atoms with van der Waals surface area (Å²) in [6.45, 7) is 6.27. The monoisotopic (exact) mass is 501 g/mol. The number of aryl methyl sites for hydroxylation is 2. The molecule has 5 rings (SSSR count). The van der Waals surface area contributed by atoms with Crippen molar-refractivity contribution in [3.63, 3.8) is 0 Å². The van der Waals surface area contributed by atoms with Gasteiger partial charge in [0.1, 0.15) is 23.9 Å². The Bertz CT molecular complexity index is 1680. The van der Waals surface area contributed by atoms with Crippen molar-refractivity contribution in [3.8, 4) is 28.5 Å². The summed E-state index contributed by atoms with van der Waals surface area (Å²) in [5.74, 6) is 0.531. The number of carbonyl (C=O) groups excluding carboxylic acids is 1. The molecule has 0 radical (unpaired) electrons. The predicted octanol–water partition coefficient (Wildman–Crippen LogP) is 7.37. The van der Waals surface area contributed by atoms with Gasteiger partial charge in [-0.3, -0.25) is 4.79 Å². The van der Waals surface area contributed by atoms with Crippen LogP contribution in [0.2, 0.25) is 0 Å².